The molecule has 1 heterocycles. The van der Waals surface area contributed by atoms with Crippen LogP contribution < -0.4 is 0 Å². The SMILES string of the molecule is CC1OCCC1S(=O)CCC#N. The molecule has 3 atom stereocenters. The summed E-state index contributed by atoms with van der Waals surface area (Å²) in [5.41, 5.74) is 0. The van der Waals surface area contributed by atoms with Crippen molar-refractivity contribution in [2.24, 2.45) is 0 Å². The van der Waals surface area contributed by atoms with Gasteiger partial charge in [0.05, 0.1) is 17.4 Å². The highest BCUT2D eigenvalue weighted by Crippen LogP contribution is 2.18. The van der Waals surface area contributed by atoms with E-state index in [1.807, 2.05) is 13.0 Å². The van der Waals surface area contributed by atoms with Crippen LogP contribution in [0, 0.1) is 11.3 Å². The van der Waals surface area contributed by atoms with Crippen LogP contribution in [0.2, 0.25) is 0 Å². The molecule has 68 valence electrons. The third kappa shape index (κ3) is 2.29. The van der Waals surface area contributed by atoms with Gasteiger partial charge in [-0.15, -0.1) is 0 Å². The third-order valence-corrected chi connectivity index (χ3v) is 3.96. The van der Waals surface area contributed by atoms with E-state index in [0.29, 0.717) is 18.8 Å². The van der Waals surface area contributed by atoms with Gasteiger partial charge in [0.2, 0.25) is 0 Å². The zero-order chi connectivity index (χ0) is 8.97. The number of ether oxygens (including phenoxy) is 1. The maximum absolute atomic E-state index is 11.5. The van der Waals surface area contributed by atoms with Crippen molar-refractivity contribution in [2.45, 2.75) is 31.1 Å². The summed E-state index contributed by atoms with van der Waals surface area (Å²) in [5.74, 6) is 0.495. The molecule has 1 saturated heterocycles. The quantitative estimate of drug-likeness (QED) is 0.657. The molecule has 0 aromatic carbocycles. The predicted molar refractivity (Wildman–Crippen MR) is 47.1 cm³/mol. The fourth-order valence-corrected chi connectivity index (χ4v) is 2.82. The van der Waals surface area contributed by atoms with Crippen LogP contribution >= 0.6 is 0 Å². The van der Waals surface area contributed by atoms with Crippen molar-refractivity contribution >= 4 is 10.8 Å². The van der Waals surface area contributed by atoms with Crippen LogP contribution in [0.15, 0.2) is 0 Å². The van der Waals surface area contributed by atoms with Gasteiger partial charge in [-0.2, -0.15) is 5.26 Å². The molecule has 0 spiro atoms. The molecule has 0 N–H and O–H groups in total. The average molecular weight is 187 g/mol. The first-order valence-electron chi connectivity index (χ1n) is 4.11. The Kier molecular flexibility index (Phi) is 3.70. The van der Waals surface area contributed by atoms with Gasteiger partial charge in [-0.25, -0.2) is 0 Å². The minimum absolute atomic E-state index is 0.101. The summed E-state index contributed by atoms with van der Waals surface area (Å²) in [4.78, 5) is 0. The Balaban J connectivity index is 2.37. The monoisotopic (exact) mass is 187 g/mol. The molecule has 0 saturated carbocycles. The molecule has 0 bridgehead atoms. The molecule has 1 aliphatic heterocycles. The highest BCUT2D eigenvalue weighted by Gasteiger charge is 2.28. The van der Waals surface area contributed by atoms with Gasteiger partial charge >= 0.3 is 0 Å². The maximum atomic E-state index is 11.5. The van der Waals surface area contributed by atoms with Crippen molar-refractivity contribution in [1.29, 1.82) is 5.26 Å². The zero-order valence-corrected chi connectivity index (χ0v) is 7.97. The molecule has 0 amide bonds. The fourth-order valence-electron chi connectivity index (χ4n) is 1.35. The van der Waals surface area contributed by atoms with Crippen LogP contribution in [0.1, 0.15) is 19.8 Å². The Morgan fingerprint density at radius 2 is 2.50 bits per heavy atom. The molecule has 0 aliphatic carbocycles. The lowest BCUT2D eigenvalue weighted by atomic mass is 10.3. The van der Waals surface area contributed by atoms with Gasteiger partial charge in [0.25, 0.3) is 0 Å². The summed E-state index contributed by atoms with van der Waals surface area (Å²) < 4.78 is 16.8. The highest BCUT2D eigenvalue weighted by atomic mass is 32.2. The topological polar surface area (TPSA) is 50.1 Å². The van der Waals surface area contributed by atoms with Crippen molar-refractivity contribution in [3.05, 3.63) is 0 Å². The van der Waals surface area contributed by atoms with E-state index in [4.69, 9.17) is 10.00 Å². The Morgan fingerprint density at radius 3 is 3.00 bits per heavy atom. The maximum Gasteiger partial charge on any atom is 0.0691 e. The summed E-state index contributed by atoms with van der Waals surface area (Å²) in [7, 11) is -0.873. The number of hydrogen-bond donors (Lipinski definition) is 0. The van der Waals surface area contributed by atoms with E-state index >= 15 is 0 Å². The van der Waals surface area contributed by atoms with E-state index < -0.39 is 10.8 Å². The van der Waals surface area contributed by atoms with Crippen molar-refractivity contribution in [2.75, 3.05) is 12.4 Å². The molecule has 3 nitrogen and oxygen atoms in total. The van der Waals surface area contributed by atoms with Gasteiger partial charge in [-0.05, 0) is 13.3 Å². The summed E-state index contributed by atoms with van der Waals surface area (Å²) >= 11 is 0. The first-order chi connectivity index (χ1) is 5.75. The summed E-state index contributed by atoms with van der Waals surface area (Å²) in [6, 6.07) is 2.00. The van der Waals surface area contributed by atoms with E-state index in [0.717, 1.165) is 6.42 Å². The van der Waals surface area contributed by atoms with Crippen molar-refractivity contribution in [1.82, 2.24) is 0 Å². The summed E-state index contributed by atoms with van der Waals surface area (Å²) in [5, 5.41) is 8.46. The van der Waals surface area contributed by atoms with E-state index in [2.05, 4.69) is 0 Å². The highest BCUT2D eigenvalue weighted by molar-refractivity contribution is 7.85. The summed E-state index contributed by atoms with van der Waals surface area (Å²) in [6.07, 6.45) is 1.36. The summed E-state index contributed by atoms with van der Waals surface area (Å²) in [6.45, 7) is 2.66. The van der Waals surface area contributed by atoms with Crippen LogP contribution in [-0.4, -0.2) is 27.9 Å². The average Bonchev–Trinajstić information content (AvgIpc) is 2.47. The molecular weight excluding hydrogens is 174 g/mol. The molecule has 1 rings (SSSR count). The Labute approximate surface area is 75.2 Å². The van der Waals surface area contributed by atoms with Crippen LogP contribution in [-0.2, 0) is 15.5 Å². The second kappa shape index (κ2) is 4.58. The molecule has 0 aromatic rings. The third-order valence-electron chi connectivity index (χ3n) is 2.06. The fraction of sp³-hybridized carbons (Fsp3) is 0.875. The smallest absolute Gasteiger partial charge is 0.0691 e. The lowest BCUT2D eigenvalue weighted by Gasteiger charge is -2.11. The Hall–Kier alpha value is -0.400. The van der Waals surface area contributed by atoms with Gasteiger partial charge < -0.3 is 4.74 Å². The minimum Gasteiger partial charge on any atom is -0.377 e. The van der Waals surface area contributed by atoms with Crippen LogP contribution in [0.5, 0.6) is 0 Å². The van der Waals surface area contributed by atoms with E-state index in [1.165, 1.54) is 0 Å². The normalized spacial score (nSPS) is 31.3. The Morgan fingerprint density at radius 1 is 1.75 bits per heavy atom. The molecule has 3 unspecified atom stereocenters. The van der Waals surface area contributed by atoms with Crippen LogP contribution in [0.4, 0.5) is 0 Å². The van der Waals surface area contributed by atoms with Crippen LogP contribution in [0.3, 0.4) is 0 Å². The lowest BCUT2D eigenvalue weighted by Crippen LogP contribution is -2.24. The van der Waals surface area contributed by atoms with Crippen molar-refractivity contribution < 1.29 is 8.95 Å². The van der Waals surface area contributed by atoms with Gasteiger partial charge in [-0.3, -0.25) is 4.21 Å². The van der Waals surface area contributed by atoms with Crippen molar-refractivity contribution in [3.8, 4) is 6.07 Å². The van der Waals surface area contributed by atoms with Gasteiger partial charge in [0.15, 0.2) is 0 Å². The zero-order valence-electron chi connectivity index (χ0n) is 7.16. The van der Waals surface area contributed by atoms with Crippen molar-refractivity contribution in [3.63, 3.8) is 0 Å². The second-order valence-electron chi connectivity index (χ2n) is 2.90. The number of rotatable bonds is 3. The van der Waals surface area contributed by atoms with E-state index in [-0.39, 0.29) is 11.4 Å². The first-order valence-corrected chi connectivity index (χ1v) is 5.49. The van der Waals surface area contributed by atoms with E-state index in [9.17, 15) is 4.21 Å². The lowest BCUT2D eigenvalue weighted by molar-refractivity contribution is 0.127. The molecule has 0 aromatic heterocycles. The number of nitriles is 1. The molecule has 4 heteroatoms. The molecule has 1 aliphatic rings. The van der Waals surface area contributed by atoms with Gasteiger partial charge in [0, 0.05) is 29.6 Å². The van der Waals surface area contributed by atoms with Gasteiger partial charge in [0.1, 0.15) is 0 Å². The van der Waals surface area contributed by atoms with Gasteiger partial charge in [-0.1, -0.05) is 0 Å². The molecule has 12 heavy (non-hydrogen) atoms. The van der Waals surface area contributed by atoms with Crippen LogP contribution in [0.25, 0.3) is 0 Å². The second-order valence-corrected chi connectivity index (χ2v) is 4.67. The number of hydrogen-bond acceptors (Lipinski definition) is 3. The molecule has 0 radical (unpaired) electrons. The Bertz CT molecular complexity index is 212. The molecular formula is C8H13NO2S. The first kappa shape index (κ1) is 9.69. The molecule has 1 fully saturated rings. The predicted octanol–water partition coefficient (Wildman–Crippen LogP) is 0.826. The largest absolute Gasteiger partial charge is 0.377 e. The standard InChI is InChI=1S/C8H13NO2S/c1-7-8(3-5-11-7)12(10)6-2-4-9/h7-8H,2-3,5-6H2,1H3. The number of nitrogens with zero attached hydrogens (tertiary/aromatic N) is 1. The minimum atomic E-state index is -0.873. The van der Waals surface area contributed by atoms with E-state index in [1.54, 1.807) is 0 Å².